The largest absolute Gasteiger partial charge is 0.484 e. The number of rotatable bonds is 6. The molecule has 6 nitrogen and oxygen atoms in total. The number of hydrogen-bond acceptors (Lipinski definition) is 6. The maximum Gasteiger partial charge on any atom is 0.264 e. The van der Waals surface area contributed by atoms with E-state index in [9.17, 15) is 8.42 Å². The van der Waals surface area contributed by atoms with Gasteiger partial charge in [-0.2, -0.15) is 4.98 Å². The second-order valence-corrected chi connectivity index (χ2v) is 7.07. The van der Waals surface area contributed by atoms with Crippen molar-refractivity contribution in [3.8, 4) is 5.75 Å². The summed E-state index contributed by atoms with van der Waals surface area (Å²) in [7, 11) is 1.52. The van der Waals surface area contributed by atoms with Gasteiger partial charge in [0.25, 0.3) is 9.05 Å². The second kappa shape index (κ2) is 6.44. The fourth-order valence-electron chi connectivity index (χ4n) is 1.73. The molecule has 1 aromatic heterocycles. The van der Waals surface area contributed by atoms with Crippen molar-refractivity contribution in [2.45, 2.75) is 38.2 Å². The van der Waals surface area contributed by atoms with Gasteiger partial charge in [-0.1, -0.05) is 18.1 Å². The number of ether oxygens (including phenoxy) is 1. The minimum Gasteiger partial charge on any atom is -0.484 e. The van der Waals surface area contributed by atoms with Crippen molar-refractivity contribution < 1.29 is 17.7 Å². The van der Waals surface area contributed by atoms with E-state index in [1.165, 1.54) is 6.07 Å². The SMILES string of the molecule is CCCc1nc(COc2ccc(C)cc2S(=O)(=O)Cl)no1. The molecule has 0 N–H and O–H groups in total. The van der Waals surface area contributed by atoms with E-state index in [-0.39, 0.29) is 17.3 Å². The highest BCUT2D eigenvalue weighted by molar-refractivity contribution is 8.13. The lowest BCUT2D eigenvalue weighted by molar-refractivity contribution is 0.278. The van der Waals surface area contributed by atoms with Gasteiger partial charge in [0.05, 0.1) is 0 Å². The third kappa shape index (κ3) is 4.18. The van der Waals surface area contributed by atoms with Crippen molar-refractivity contribution in [3.05, 3.63) is 35.5 Å². The summed E-state index contributed by atoms with van der Waals surface area (Å²) in [6.07, 6.45) is 1.59. The molecular weight excluding hydrogens is 316 g/mol. The maximum atomic E-state index is 11.5. The van der Waals surface area contributed by atoms with Crippen LogP contribution in [0.25, 0.3) is 0 Å². The zero-order valence-corrected chi connectivity index (χ0v) is 13.2. The molecule has 0 fully saturated rings. The molecule has 2 rings (SSSR count). The Morgan fingerprint density at radius 2 is 2.14 bits per heavy atom. The molecule has 0 saturated heterocycles. The van der Waals surface area contributed by atoms with Crippen LogP contribution < -0.4 is 4.74 Å². The van der Waals surface area contributed by atoms with Crippen LogP contribution in [0.3, 0.4) is 0 Å². The average molecular weight is 331 g/mol. The summed E-state index contributed by atoms with van der Waals surface area (Å²) < 4.78 is 33.6. The van der Waals surface area contributed by atoms with Gasteiger partial charge < -0.3 is 9.26 Å². The summed E-state index contributed by atoms with van der Waals surface area (Å²) in [6.45, 7) is 3.78. The maximum absolute atomic E-state index is 11.5. The molecule has 2 aromatic rings. The van der Waals surface area contributed by atoms with Crippen molar-refractivity contribution in [2.75, 3.05) is 0 Å². The van der Waals surface area contributed by atoms with Crippen molar-refractivity contribution in [2.24, 2.45) is 0 Å². The van der Waals surface area contributed by atoms with Gasteiger partial charge in [-0.15, -0.1) is 0 Å². The first-order chi connectivity index (χ1) is 9.90. The van der Waals surface area contributed by atoms with Crippen LogP contribution >= 0.6 is 10.7 Å². The molecule has 21 heavy (non-hydrogen) atoms. The molecule has 0 unspecified atom stereocenters. The lowest BCUT2D eigenvalue weighted by atomic mass is 10.2. The van der Waals surface area contributed by atoms with Gasteiger partial charge in [-0.25, -0.2) is 8.42 Å². The van der Waals surface area contributed by atoms with Crippen molar-refractivity contribution in [3.63, 3.8) is 0 Å². The molecule has 0 spiro atoms. The van der Waals surface area contributed by atoms with Gasteiger partial charge in [-0.05, 0) is 31.0 Å². The van der Waals surface area contributed by atoms with Crippen LogP contribution in [0.1, 0.15) is 30.6 Å². The van der Waals surface area contributed by atoms with E-state index in [1.54, 1.807) is 19.1 Å². The van der Waals surface area contributed by atoms with Gasteiger partial charge in [0.1, 0.15) is 10.6 Å². The van der Waals surface area contributed by atoms with Crippen LogP contribution in [-0.4, -0.2) is 18.6 Å². The van der Waals surface area contributed by atoms with Crippen molar-refractivity contribution in [1.29, 1.82) is 0 Å². The van der Waals surface area contributed by atoms with E-state index in [0.29, 0.717) is 18.1 Å². The highest BCUT2D eigenvalue weighted by atomic mass is 35.7. The predicted molar refractivity (Wildman–Crippen MR) is 76.8 cm³/mol. The summed E-state index contributed by atoms with van der Waals surface area (Å²) in [6, 6.07) is 4.74. The summed E-state index contributed by atoms with van der Waals surface area (Å²) in [5.41, 5.74) is 0.770. The molecule has 0 aliphatic rings. The van der Waals surface area contributed by atoms with Crippen LogP contribution in [0.4, 0.5) is 0 Å². The Morgan fingerprint density at radius 1 is 1.38 bits per heavy atom. The lowest BCUT2D eigenvalue weighted by Crippen LogP contribution is -2.02. The van der Waals surface area contributed by atoms with E-state index < -0.39 is 9.05 Å². The van der Waals surface area contributed by atoms with E-state index in [1.807, 2.05) is 6.92 Å². The lowest BCUT2D eigenvalue weighted by Gasteiger charge is -2.08. The molecule has 0 bridgehead atoms. The highest BCUT2D eigenvalue weighted by Crippen LogP contribution is 2.28. The number of benzene rings is 1. The monoisotopic (exact) mass is 330 g/mol. The summed E-state index contributed by atoms with van der Waals surface area (Å²) in [4.78, 5) is 4.07. The van der Waals surface area contributed by atoms with Crippen molar-refractivity contribution in [1.82, 2.24) is 10.1 Å². The molecule has 0 aliphatic heterocycles. The zero-order valence-electron chi connectivity index (χ0n) is 11.7. The molecule has 114 valence electrons. The number of aryl methyl sites for hydroxylation is 2. The van der Waals surface area contributed by atoms with Gasteiger partial charge in [0.15, 0.2) is 6.61 Å². The first kappa shape index (κ1) is 15.8. The summed E-state index contributed by atoms with van der Waals surface area (Å²) in [5, 5.41) is 3.77. The number of hydrogen-bond donors (Lipinski definition) is 0. The molecule has 8 heteroatoms. The van der Waals surface area contributed by atoms with E-state index in [0.717, 1.165) is 12.0 Å². The Balaban J connectivity index is 2.16. The third-order valence-corrected chi connectivity index (χ3v) is 4.04. The zero-order chi connectivity index (χ0) is 15.5. The summed E-state index contributed by atoms with van der Waals surface area (Å²) in [5.74, 6) is 1.06. The minimum atomic E-state index is -3.88. The fourth-order valence-corrected chi connectivity index (χ4v) is 2.79. The fraction of sp³-hybridized carbons (Fsp3) is 0.385. The topological polar surface area (TPSA) is 82.3 Å². The van der Waals surface area contributed by atoms with Crippen LogP contribution in [0.5, 0.6) is 5.75 Å². The third-order valence-electron chi connectivity index (χ3n) is 2.69. The molecule has 0 radical (unpaired) electrons. The standard InChI is InChI=1S/C13H15ClN2O4S/c1-3-4-13-15-12(16-20-13)8-19-10-6-5-9(2)7-11(10)21(14,17)18/h5-7H,3-4,8H2,1-2H3. The van der Waals surface area contributed by atoms with Crippen LogP contribution in [0, 0.1) is 6.92 Å². The number of halogens is 1. The predicted octanol–water partition coefficient (Wildman–Crippen LogP) is 2.84. The van der Waals surface area contributed by atoms with Crippen LogP contribution in [0.15, 0.2) is 27.6 Å². The van der Waals surface area contributed by atoms with Gasteiger partial charge >= 0.3 is 0 Å². The second-order valence-electron chi connectivity index (χ2n) is 4.53. The first-order valence-corrected chi connectivity index (χ1v) is 8.70. The van der Waals surface area contributed by atoms with Crippen LogP contribution in [-0.2, 0) is 22.1 Å². The molecule has 0 saturated carbocycles. The minimum absolute atomic E-state index is 0.00961. The molecule has 0 atom stereocenters. The molecular formula is C13H15ClN2O4S. The van der Waals surface area contributed by atoms with E-state index in [2.05, 4.69) is 10.1 Å². The van der Waals surface area contributed by atoms with Gasteiger partial charge in [-0.3, -0.25) is 0 Å². The Bertz CT molecular complexity index is 728. The quantitative estimate of drug-likeness (QED) is 0.757. The molecule has 1 aromatic carbocycles. The number of nitrogens with zero attached hydrogens (tertiary/aromatic N) is 2. The van der Waals surface area contributed by atoms with E-state index >= 15 is 0 Å². The van der Waals surface area contributed by atoms with Crippen LogP contribution in [0.2, 0.25) is 0 Å². The summed E-state index contributed by atoms with van der Waals surface area (Å²) >= 11 is 0. The Labute approximate surface area is 127 Å². The Hall–Kier alpha value is -1.60. The Morgan fingerprint density at radius 3 is 2.81 bits per heavy atom. The number of aromatic nitrogens is 2. The normalized spacial score (nSPS) is 11.6. The average Bonchev–Trinajstić information content (AvgIpc) is 2.84. The first-order valence-electron chi connectivity index (χ1n) is 6.39. The van der Waals surface area contributed by atoms with E-state index in [4.69, 9.17) is 19.9 Å². The molecule has 0 aliphatic carbocycles. The van der Waals surface area contributed by atoms with Crippen molar-refractivity contribution >= 4 is 19.7 Å². The molecule has 1 heterocycles. The highest BCUT2D eigenvalue weighted by Gasteiger charge is 2.18. The Kier molecular flexibility index (Phi) is 4.84. The van der Waals surface area contributed by atoms with Gasteiger partial charge in [0.2, 0.25) is 11.7 Å². The smallest absolute Gasteiger partial charge is 0.264 e. The van der Waals surface area contributed by atoms with Gasteiger partial charge in [0, 0.05) is 17.1 Å². The molecule has 0 amide bonds.